The third kappa shape index (κ3) is 5.84. The normalized spacial score (nSPS) is 10.1. The molecule has 0 aromatic heterocycles. The Labute approximate surface area is 163 Å². The zero-order chi connectivity index (χ0) is 20.5. The van der Waals surface area contributed by atoms with Gasteiger partial charge in [0, 0.05) is 5.69 Å². The van der Waals surface area contributed by atoms with E-state index in [1.54, 1.807) is 42.5 Å². The summed E-state index contributed by atoms with van der Waals surface area (Å²) < 4.78 is 15.2. The maximum Gasteiger partial charge on any atom is 0.338 e. The molecule has 0 unspecified atom stereocenters. The number of carbonyl (C=O) groups excluding carboxylic acids is 3. The van der Waals surface area contributed by atoms with Crippen LogP contribution in [-0.4, -0.2) is 38.2 Å². The number of esters is 2. The van der Waals surface area contributed by atoms with E-state index in [2.05, 4.69) is 5.32 Å². The minimum absolute atomic E-state index is 0.296. The lowest BCUT2D eigenvalue weighted by Crippen LogP contribution is -2.21. The number of methoxy groups -OCH3 is 1. The van der Waals surface area contributed by atoms with E-state index in [1.807, 2.05) is 13.8 Å². The molecular weight excluding hydrogens is 362 g/mol. The van der Waals surface area contributed by atoms with Crippen LogP contribution in [0.1, 0.15) is 39.6 Å². The van der Waals surface area contributed by atoms with Crippen LogP contribution in [0.3, 0.4) is 0 Å². The van der Waals surface area contributed by atoms with Crippen molar-refractivity contribution in [1.82, 2.24) is 0 Å². The molecule has 7 nitrogen and oxygen atoms in total. The van der Waals surface area contributed by atoms with E-state index in [9.17, 15) is 14.4 Å². The number of amides is 1. The summed E-state index contributed by atoms with van der Waals surface area (Å²) in [5.74, 6) is -0.963. The van der Waals surface area contributed by atoms with E-state index in [1.165, 1.54) is 7.11 Å². The molecule has 0 atom stereocenters. The lowest BCUT2D eigenvalue weighted by Gasteiger charge is -2.09. The van der Waals surface area contributed by atoms with Crippen molar-refractivity contribution in [2.45, 2.75) is 20.3 Å². The Kier molecular flexibility index (Phi) is 7.56. The molecule has 148 valence electrons. The second-order valence-electron chi connectivity index (χ2n) is 6.02. The molecule has 0 radical (unpaired) electrons. The number of hydrogen-bond acceptors (Lipinski definition) is 6. The maximum absolute atomic E-state index is 12.1. The predicted molar refractivity (Wildman–Crippen MR) is 104 cm³/mol. The van der Waals surface area contributed by atoms with Crippen LogP contribution in [0.15, 0.2) is 42.5 Å². The molecule has 7 heteroatoms. The van der Waals surface area contributed by atoms with Crippen molar-refractivity contribution < 1.29 is 28.6 Å². The van der Waals surface area contributed by atoms with Crippen LogP contribution >= 0.6 is 0 Å². The van der Waals surface area contributed by atoms with Gasteiger partial charge in [-0.15, -0.1) is 0 Å². The summed E-state index contributed by atoms with van der Waals surface area (Å²) in [6.45, 7) is 3.69. The van der Waals surface area contributed by atoms with Gasteiger partial charge in [-0.1, -0.05) is 13.0 Å². The average Bonchev–Trinajstić information content (AvgIpc) is 2.71. The van der Waals surface area contributed by atoms with Crippen LogP contribution in [0.4, 0.5) is 5.69 Å². The summed E-state index contributed by atoms with van der Waals surface area (Å²) in [5, 5.41) is 2.60. The Morgan fingerprint density at radius 2 is 1.57 bits per heavy atom. The summed E-state index contributed by atoms with van der Waals surface area (Å²) in [6, 6.07) is 11.2. The Morgan fingerprint density at radius 1 is 0.929 bits per heavy atom. The maximum atomic E-state index is 12.1. The van der Waals surface area contributed by atoms with Crippen LogP contribution in [-0.2, 0) is 14.3 Å². The van der Waals surface area contributed by atoms with E-state index in [4.69, 9.17) is 14.2 Å². The molecule has 0 fully saturated rings. The lowest BCUT2D eigenvalue weighted by atomic mass is 10.1. The SMILES string of the molecule is CCCOC(=O)c1ccc(NC(=O)COC(=O)c2ccc(C)c(OC)c2)cc1. The monoisotopic (exact) mass is 385 g/mol. The van der Waals surface area contributed by atoms with Gasteiger partial charge in [0.1, 0.15) is 5.75 Å². The smallest absolute Gasteiger partial charge is 0.338 e. The van der Waals surface area contributed by atoms with Gasteiger partial charge in [-0.2, -0.15) is 0 Å². The predicted octanol–water partition coefficient (Wildman–Crippen LogP) is 3.37. The van der Waals surface area contributed by atoms with Gasteiger partial charge in [-0.05, 0) is 55.3 Å². The van der Waals surface area contributed by atoms with Crippen LogP contribution in [0.25, 0.3) is 0 Å². The lowest BCUT2D eigenvalue weighted by molar-refractivity contribution is -0.119. The van der Waals surface area contributed by atoms with Crippen molar-refractivity contribution in [1.29, 1.82) is 0 Å². The molecule has 0 aliphatic carbocycles. The van der Waals surface area contributed by atoms with Crippen LogP contribution in [0.2, 0.25) is 0 Å². The number of rotatable bonds is 8. The third-order valence-corrected chi connectivity index (χ3v) is 3.82. The molecule has 1 amide bonds. The first-order valence-electron chi connectivity index (χ1n) is 8.83. The highest BCUT2D eigenvalue weighted by atomic mass is 16.5. The van der Waals surface area contributed by atoms with E-state index >= 15 is 0 Å². The molecule has 0 saturated heterocycles. The average molecular weight is 385 g/mol. The molecule has 0 aliphatic heterocycles. The number of benzene rings is 2. The van der Waals surface area contributed by atoms with E-state index in [-0.39, 0.29) is 0 Å². The number of anilines is 1. The van der Waals surface area contributed by atoms with Crippen LogP contribution in [0.5, 0.6) is 5.75 Å². The third-order valence-electron chi connectivity index (χ3n) is 3.82. The topological polar surface area (TPSA) is 90.9 Å². The fraction of sp³-hybridized carbons (Fsp3) is 0.286. The van der Waals surface area contributed by atoms with Gasteiger partial charge >= 0.3 is 11.9 Å². The summed E-state index contributed by atoms with van der Waals surface area (Å²) >= 11 is 0. The van der Waals surface area contributed by atoms with Crippen molar-refractivity contribution in [3.63, 3.8) is 0 Å². The number of nitrogens with one attached hydrogen (secondary N) is 1. The summed E-state index contributed by atoms with van der Waals surface area (Å²) in [6.07, 6.45) is 0.744. The van der Waals surface area contributed by atoms with Gasteiger partial charge in [0.25, 0.3) is 5.91 Å². The van der Waals surface area contributed by atoms with E-state index in [0.717, 1.165) is 12.0 Å². The molecule has 2 aromatic rings. The molecule has 0 heterocycles. The number of carbonyl (C=O) groups is 3. The minimum atomic E-state index is -0.623. The van der Waals surface area contributed by atoms with E-state index in [0.29, 0.717) is 29.2 Å². The number of aryl methyl sites for hydroxylation is 1. The minimum Gasteiger partial charge on any atom is -0.496 e. The second-order valence-corrected chi connectivity index (χ2v) is 6.02. The molecule has 0 aliphatic rings. The molecule has 1 N–H and O–H groups in total. The van der Waals surface area contributed by atoms with Crippen molar-refractivity contribution in [2.75, 3.05) is 25.6 Å². The van der Waals surface area contributed by atoms with Crippen molar-refractivity contribution in [3.8, 4) is 5.75 Å². The fourth-order valence-corrected chi connectivity index (χ4v) is 2.33. The highest BCUT2D eigenvalue weighted by Crippen LogP contribution is 2.19. The standard InChI is InChI=1S/C21H23NO6/c1-4-11-27-20(24)15-7-9-17(10-8-15)22-19(23)13-28-21(25)16-6-5-14(2)18(12-16)26-3/h5-10,12H,4,11,13H2,1-3H3,(H,22,23). The summed E-state index contributed by atoms with van der Waals surface area (Å²) in [4.78, 5) is 35.8. The highest BCUT2D eigenvalue weighted by Gasteiger charge is 2.13. The van der Waals surface area contributed by atoms with Crippen LogP contribution in [0, 0.1) is 6.92 Å². The number of hydrogen-bond donors (Lipinski definition) is 1. The zero-order valence-corrected chi connectivity index (χ0v) is 16.1. The molecule has 2 rings (SSSR count). The molecular formula is C21H23NO6. The van der Waals surface area contributed by atoms with Gasteiger partial charge < -0.3 is 19.5 Å². The summed E-state index contributed by atoms with van der Waals surface area (Å²) in [7, 11) is 1.51. The zero-order valence-electron chi connectivity index (χ0n) is 16.1. The molecule has 28 heavy (non-hydrogen) atoms. The Morgan fingerprint density at radius 3 is 2.21 bits per heavy atom. The van der Waals surface area contributed by atoms with Gasteiger partial charge in [0.2, 0.25) is 0 Å². The first-order valence-corrected chi connectivity index (χ1v) is 8.83. The number of ether oxygens (including phenoxy) is 3. The Hall–Kier alpha value is -3.35. The van der Waals surface area contributed by atoms with Crippen molar-refractivity contribution in [2.24, 2.45) is 0 Å². The van der Waals surface area contributed by atoms with Gasteiger partial charge in [0.05, 0.1) is 24.8 Å². The quantitative estimate of drug-likeness (QED) is 0.701. The Bertz CT molecular complexity index is 844. The largest absolute Gasteiger partial charge is 0.496 e. The highest BCUT2D eigenvalue weighted by molar-refractivity contribution is 5.96. The van der Waals surface area contributed by atoms with Gasteiger partial charge in [-0.3, -0.25) is 4.79 Å². The Balaban J connectivity index is 1.86. The van der Waals surface area contributed by atoms with E-state index < -0.39 is 24.5 Å². The summed E-state index contributed by atoms with van der Waals surface area (Å²) in [5.41, 5.74) is 2.06. The molecule has 0 bridgehead atoms. The second kappa shape index (κ2) is 10.1. The molecule has 0 saturated carbocycles. The van der Waals surface area contributed by atoms with Crippen molar-refractivity contribution in [3.05, 3.63) is 59.2 Å². The van der Waals surface area contributed by atoms with Crippen molar-refractivity contribution >= 4 is 23.5 Å². The van der Waals surface area contributed by atoms with Crippen LogP contribution < -0.4 is 10.1 Å². The first kappa shape index (κ1) is 21.0. The van der Waals surface area contributed by atoms with Gasteiger partial charge in [-0.25, -0.2) is 9.59 Å². The van der Waals surface area contributed by atoms with Gasteiger partial charge in [0.15, 0.2) is 6.61 Å². The first-order chi connectivity index (χ1) is 13.4. The molecule has 0 spiro atoms. The molecule has 2 aromatic carbocycles. The fourth-order valence-electron chi connectivity index (χ4n) is 2.33.